The maximum absolute atomic E-state index is 11.8. The largest absolute Gasteiger partial charge is 0.478 e. The first-order valence-electron chi connectivity index (χ1n) is 5.00. The van der Waals surface area contributed by atoms with Gasteiger partial charge in [-0.1, -0.05) is 27.5 Å². The van der Waals surface area contributed by atoms with E-state index in [9.17, 15) is 9.59 Å². The van der Waals surface area contributed by atoms with Gasteiger partial charge in [-0.3, -0.25) is 4.79 Å². The molecule has 1 aromatic carbocycles. The van der Waals surface area contributed by atoms with Gasteiger partial charge in [0.1, 0.15) is 0 Å². The molecule has 1 amide bonds. The molecule has 0 aromatic heterocycles. The summed E-state index contributed by atoms with van der Waals surface area (Å²) < 4.78 is 0.791. The molecule has 0 aliphatic rings. The van der Waals surface area contributed by atoms with Crippen LogP contribution in [0.15, 0.2) is 33.8 Å². The van der Waals surface area contributed by atoms with Crippen LogP contribution in [0.3, 0.4) is 0 Å². The second-order valence-corrected chi connectivity index (χ2v) is 4.96. The van der Waals surface area contributed by atoms with Crippen molar-refractivity contribution in [2.45, 2.75) is 13.8 Å². The Kier molecular flexibility index (Phi) is 4.93. The highest BCUT2D eigenvalue weighted by molar-refractivity contribution is 9.10. The highest BCUT2D eigenvalue weighted by Gasteiger charge is 2.13. The van der Waals surface area contributed by atoms with Gasteiger partial charge in [0.05, 0.1) is 10.7 Å². The van der Waals surface area contributed by atoms with Gasteiger partial charge in [0.25, 0.3) is 5.91 Å². The summed E-state index contributed by atoms with van der Waals surface area (Å²) in [6.45, 7) is 2.83. The lowest BCUT2D eigenvalue weighted by Gasteiger charge is -2.08. The molecule has 0 fully saturated rings. The summed E-state index contributed by atoms with van der Waals surface area (Å²) in [5.74, 6) is -1.61. The molecule has 0 heterocycles. The Balaban J connectivity index is 2.95. The van der Waals surface area contributed by atoms with Crippen LogP contribution in [0.1, 0.15) is 13.8 Å². The van der Waals surface area contributed by atoms with Crippen molar-refractivity contribution < 1.29 is 14.7 Å². The highest BCUT2D eigenvalue weighted by Crippen LogP contribution is 2.26. The molecule has 0 radical (unpaired) electrons. The lowest BCUT2D eigenvalue weighted by atomic mass is 10.1. The van der Waals surface area contributed by atoms with E-state index < -0.39 is 11.9 Å². The number of halogens is 2. The van der Waals surface area contributed by atoms with Crippen LogP contribution >= 0.6 is 27.5 Å². The van der Waals surface area contributed by atoms with E-state index in [2.05, 4.69) is 21.2 Å². The lowest BCUT2D eigenvalue weighted by molar-refractivity contribution is -0.133. The maximum Gasteiger partial charge on any atom is 0.331 e. The number of amides is 1. The molecule has 18 heavy (non-hydrogen) atoms. The minimum absolute atomic E-state index is 0.000680. The van der Waals surface area contributed by atoms with Crippen LogP contribution in [0.5, 0.6) is 0 Å². The second kappa shape index (κ2) is 6.02. The number of rotatable bonds is 3. The van der Waals surface area contributed by atoms with E-state index in [-0.39, 0.29) is 11.1 Å². The number of aliphatic carboxylic acids is 1. The van der Waals surface area contributed by atoms with Crippen molar-refractivity contribution >= 4 is 45.1 Å². The first-order valence-corrected chi connectivity index (χ1v) is 6.17. The van der Waals surface area contributed by atoms with Crippen molar-refractivity contribution in [2.24, 2.45) is 0 Å². The second-order valence-electron chi connectivity index (χ2n) is 3.63. The minimum Gasteiger partial charge on any atom is -0.478 e. The molecule has 0 atom stereocenters. The van der Waals surface area contributed by atoms with Crippen molar-refractivity contribution in [3.63, 3.8) is 0 Å². The van der Waals surface area contributed by atoms with Gasteiger partial charge < -0.3 is 10.4 Å². The maximum atomic E-state index is 11.8. The fraction of sp³-hybridized carbons (Fsp3) is 0.167. The summed E-state index contributed by atoms with van der Waals surface area (Å²) >= 11 is 9.19. The number of carboxylic acids is 1. The van der Waals surface area contributed by atoms with Crippen LogP contribution in [-0.2, 0) is 9.59 Å². The molecule has 0 saturated heterocycles. The molecule has 0 bridgehead atoms. The number of benzene rings is 1. The van der Waals surface area contributed by atoms with Crippen LogP contribution in [0.25, 0.3) is 0 Å². The molecular formula is C12H11BrClNO3. The van der Waals surface area contributed by atoms with Gasteiger partial charge in [0, 0.05) is 15.6 Å². The first-order chi connectivity index (χ1) is 8.32. The predicted molar refractivity (Wildman–Crippen MR) is 73.8 cm³/mol. The van der Waals surface area contributed by atoms with E-state index in [1.54, 1.807) is 18.2 Å². The monoisotopic (exact) mass is 331 g/mol. The molecule has 0 unspecified atom stereocenters. The average Bonchev–Trinajstić information content (AvgIpc) is 2.30. The first kappa shape index (κ1) is 14.7. The van der Waals surface area contributed by atoms with E-state index in [0.717, 1.165) is 4.47 Å². The van der Waals surface area contributed by atoms with E-state index in [1.807, 2.05) is 0 Å². The lowest BCUT2D eigenvalue weighted by Crippen LogP contribution is -2.16. The quantitative estimate of drug-likeness (QED) is 0.833. The van der Waals surface area contributed by atoms with Crippen molar-refractivity contribution in [2.75, 3.05) is 5.32 Å². The van der Waals surface area contributed by atoms with Gasteiger partial charge in [-0.15, -0.1) is 0 Å². The van der Waals surface area contributed by atoms with Gasteiger partial charge in [-0.05, 0) is 32.0 Å². The summed E-state index contributed by atoms with van der Waals surface area (Å²) in [6.07, 6.45) is 0. The third-order valence-electron chi connectivity index (χ3n) is 2.40. The van der Waals surface area contributed by atoms with Gasteiger partial charge in [0.2, 0.25) is 0 Å². The fourth-order valence-electron chi connectivity index (χ4n) is 1.14. The van der Waals surface area contributed by atoms with Crippen molar-refractivity contribution in [3.05, 3.63) is 38.8 Å². The molecule has 96 valence electrons. The summed E-state index contributed by atoms with van der Waals surface area (Å²) in [4.78, 5) is 22.5. The molecule has 0 saturated carbocycles. The van der Waals surface area contributed by atoms with Crippen LogP contribution < -0.4 is 5.32 Å². The van der Waals surface area contributed by atoms with E-state index in [1.165, 1.54) is 13.8 Å². The Morgan fingerprint density at radius 3 is 2.39 bits per heavy atom. The zero-order chi connectivity index (χ0) is 13.9. The molecule has 0 aliphatic carbocycles. The van der Waals surface area contributed by atoms with Gasteiger partial charge in [-0.25, -0.2) is 4.79 Å². The van der Waals surface area contributed by atoms with Crippen molar-refractivity contribution in [1.29, 1.82) is 0 Å². The number of carbonyl (C=O) groups excluding carboxylic acids is 1. The summed E-state index contributed by atoms with van der Waals surface area (Å²) in [5, 5.41) is 11.7. The van der Waals surface area contributed by atoms with E-state index >= 15 is 0 Å². The molecule has 1 aromatic rings. The van der Waals surface area contributed by atoms with Crippen molar-refractivity contribution in [3.8, 4) is 0 Å². The number of hydrogen-bond donors (Lipinski definition) is 2. The normalized spacial score (nSPS) is 11.8. The average molecular weight is 333 g/mol. The molecule has 0 spiro atoms. The topological polar surface area (TPSA) is 66.4 Å². The van der Waals surface area contributed by atoms with Crippen LogP contribution in [0.2, 0.25) is 5.02 Å². The third kappa shape index (κ3) is 3.58. The molecule has 4 nitrogen and oxygen atoms in total. The SMILES string of the molecule is C/C(C(=O)O)=C(\C)C(=O)Nc1ccc(Br)cc1Cl. The van der Waals surface area contributed by atoms with E-state index in [0.29, 0.717) is 10.7 Å². The molecular weight excluding hydrogens is 321 g/mol. The van der Waals surface area contributed by atoms with Gasteiger partial charge in [0.15, 0.2) is 0 Å². The highest BCUT2D eigenvalue weighted by atomic mass is 79.9. The minimum atomic E-state index is -1.12. The summed E-state index contributed by atoms with van der Waals surface area (Å²) in [7, 11) is 0. The zero-order valence-electron chi connectivity index (χ0n) is 9.75. The van der Waals surface area contributed by atoms with Gasteiger partial charge >= 0.3 is 5.97 Å². The number of anilines is 1. The number of nitrogens with one attached hydrogen (secondary N) is 1. The Hall–Kier alpha value is -1.33. The molecule has 2 N–H and O–H groups in total. The fourth-order valence-corrected chi connectivity index (χ4v) is 1.86. The smallest absolute Gasteiger partial charge is 0.331 e. The third-order valence-corrected chi connectivity index (χ3v) is 3.21. The zero-order valence-corrected chi connectivity index (χ0v) is 12.1. The Morgan fingerprint density at radius 2 is 1.89 bits per heavy atom. The molecule has 1 rings (SSSR count). The Morgan fingerprint density at radius 1 is 1.28 bits per heavy atom. The number of carbonyl (C=O) groups is 2. The Labute approximate surface area is 118 Å². The Bertz CT molecular complexity index is 540. The van der Waals surface area contributed by atoms with Crippen LogP contribution in [0, 0.1) is 0 Å². The van der Waals surface area contributed by atoms with Crippen molar-refractivity contribution in [1.82, 2.24) is 0 Å². The van der Waals surface area contributed by atoms with Crippen LogP contribution in [0.4, 0.5) is 5.69 Å². The van der Waals surface area contributed by atoms with Gasteiger partial charge in [-0.2, -0.15) is 0 Å². The molecule has 0 aliphatic heterocycles. The number of carboxylic acid groups (broad SMARTS) is 1. The number of hydrogen-bond acceptors (Lipinski definition) is 2. The van der Waals surface area contributed by atoms with E-state index in [4.69, 9.17) is 16.7 Å². The predicted octanol–water partition coefficient (Wildman–Crippen LogP) is 3.46. The van der Waals surface area contributed by atoms with Crippen LogP contribution in [-0.4, -0.2) is 17.0 Å². The molecule has 6 heteroatoms. The summed E-state index contributed by atoms with van der Waals surface area (Å²) in [6, 6.07) is 5.00. The summed E-state index contributed by atoms with van der Waals surface area (Å²) in [5.41, 5.74) is 0.574. The standard InChI is InChI=1S/C12H11BrClNO3/c1-6(7(2)12(17)18)11(16)15-10-4-3-8(13)5-9(10)14/h3-5H,1-2H3,(H,15,16)(H,17,18)/b7-6-.